The third-order valence-corrected chi connectivity index (χ3v) is 4.58. The SMILES string of the molecule is CN=C(NCCC(=O)N1CCCCC1C)N(C)Cc1ccccc1. The second-order valence-corrected chi connectivity index (χ2v) is 6.50. The molecule has 132 valence electrons. The highest BCUT2D eigenvalue weighted by molar-refractivity contribution is 5.81. The lowest BCUT2D eigenvalue weighted by Crippen LogP contribution is -2.44. The topological polar surface area (TPSA) is 47.9 Å². The van der Waals surface area contributed by atoms with Gasteiger partial charge in [0.2, 0.25) is 5.91 Å². The second kappa shape index (κ2) is 9.30. The average Bonchev–Trinajstić information content (AvgIpc) is 2.59. The van der Waals surface area contributed by atoms with Crippen LogP contribution >= 0.6 is 0 Å². The molecule has 1 atom stereocenters. The molecular weight excluding hydrogens is 300 g/mol. The lowest BCUT2D eigenvalue weighted by molar-refractivity contribution is -0.134. The van der Waals surface area contributed by atoms with Crippen molar-refractivity contribution in [1.29, 1.82) is 0 Å². The van der Waals surface area contributed by atoms with E-state index < -0.39 is 0 Å². The summed E-state index contributed by atoms with van der Waals surface area (Å²) < 4.78 is 0. The molecule has 1 aromatic carbocycles. The number of aliphatic imine (C=N–C) groups is 1. The Labute approximate surface area is 145 Å². The lowest BCUT2D eigenvalue weighted by atomic mass is 10.0. The first-order valence-corrected chi connectivity index (χ1v) is 8.87. The van der Waals surface area contributed by atoms with Crippen molar-refractivity contribution in [3.05, 3.63) is 35.9 Å². The molecule has 0 saturated carbocycles. The van der Waals surface area contributed by atoms with Crippen molar-refractivity contribution in [2.75, 3.05) is 27.2 Å². The maximum atomic E-state index is 12.4. The zero-order valence-electron chi connectivity index (χ0n) is 15.2. The molecule has 0 spiro atoms. The van der Waals surface area contributed by atoms with Crippen LogP contribution in [0.2, 0.25) is 0 Å². The molecule has 1 fully saturated rings. The zero-order chi connectivity index (χ0) is 17.4. The monoisotopic (exact) mass is 330 g/mol. The Balaban J connectivity index is 1.77. The van der Waals surface area contributed by atoms with Crippen molar-refractivity contribution in [2.45, 2.75) is 45.2 Å². The van der Waals surface area contributed by atoms with Gasteiger partial charge in [0.1, 0.15) is 0 Å². The van der Waals surface area contributed by atoms with E-state index in [1.165, 1.54) is 12.0 Å². The molecule has 1 amide bonds. The van der Waals surface area contributed by atoms with Crippen LogP contribution in [0.1, 0.15) is 38.2 Å². The van der Waals surface area contributed by atoms with Crippen LogP contribution in [-0.2, 0) is 11.3 Å². The Morgan fingerprint density at radius 2 is 2.08 bits per heavy atom. The number of hydrogen-bond acceptors (Lipinski definition) is 2. The minimum absolute atomic E-state index is 0.246. The first-order chi connectivity index (χ1) is 11.6. The van der Waals surface area contributed by atoms with Gasteiger partial charge in [0.15, 0.2) is 5.96 Å². The summed E-state index contributed by atoms with van der Waals surface area (Å²) in [6.07, 6.45) is 4.01. The third kappa shape index (κ3) is 5.25. The number of piperidine rings is 1. The normalized spacial score (nSPS) is 18.4. The van der Waals surface area contributed by atoms with Gasteiger partial charge in [-0.05, 0) is 31.7 Å². The van der Waals surface area contributed by atoms with Crippen molar-refractivity contribution in [2.24, 2.45) is 4.99 Å². The van der Waals surface area contributed by atoms with Gasteiger partial charge in [-0.3, -0.25) is 9.79 Å². The van der Waals surface area contributed by atoms with E-state index in [-0.39, 0.29) is 5.91 Å². The number of nitrogens with zero attached hydrogens (tertiary/aromatic N) is 3. The highest BCUT2D eigenvalue weighted by atomic mass is 16.2. The molecule has 1 heterocycles. The predicted molar refractivity (Wildman–Crippen MR) is 98.9 cm³/mol. The van der Waals surface area contributed by atoms with E-state index in [4.69, 9.17) is 0 Å². The molecule has 1 aliphatic rings. The maximum Gasteiger partial charge on any atom is 0.224 e. The highest BCUT2D eigenvalue weighted by Crippen LogP contribution is 2.17. The van der Waals surface area contributed by atoms with E-state index in [9.17, 15) is 4.79 Å². The number of likely N-dealkylation sites (tertiary alicyclic amines) is 1. The van der Waals surface area contributed by atoms with E-state index in [0.29, 0.717) is 19.0 Å². The van der Waals surface area contributed by atoms with E-state index in [1.54, 1.807) is 7.05 Å². The van der Waals surface area contributed by atoms with Crippen LogP contribution in [0, 0.1) is 0 Å². The van der Waals surface area contributed by atoms with Crippen molar-refractivity contribution in [1.82, 2.24) is 15.1 Å². The maximum absolute atomic E-state index is 12.4. The third-order valence-electron chi connectivity index (χ3n) is 4.58. The summed E-state index contributed by atoms with van der Waals surface area (Å²) in [7, 11) is 3.79. The summed E-state index contributed by atoms with van der Waals surface area (Å²) in [5.41, 5.74) is 1.24. The van der Waals surface area contributed by atoms with E-state index in [1.807, 2.05) is 30.1 Å². The standard InChI is InChI=1S/C19H30N4O/c1-16-9-7-8-14-23(16)18(24)12-13-21-19(20-2)22(3)15-17-10-5-4-6-11-17/h4-6,10-11,16H,7-9,12-15H2,1-3H3,(H,20,21). The highest BCUT2D eigenvalue weighted by Gasteiger charge is 2.22. The largest absolute Gasteiger partial charge is 0.356 e. The molecule has 0 aromatic heterocycles. The van der Waals surface area contributed by atoms with Crippen LogP contribution in [0.3, 0.4) is 0 Å². The molecule has 24 heavy (non-hydrogen) atoms. The summed E-state index contributed by atoms with van der Waals surface area (Å²) in [5, 5.41) is 3.30. The second-order valence-electron chi connectivity index (χ2n) is 6.50. The quantitative estimate of drug-likeness (QED) is 0.666. The fourth-order valence-electron chi connectivity index (χ4n) is 3.21. The van der Waals surface area contributed by atoms with Gasteiger partial charge in [0.25, 0.3) is 0 Å². The molecular formula is C19H30N4O. The first-order valence-electron chi connectivity index (χ1n) is 8.87. The Bertz CT molecular complexity index is 544. The minimum Gasteiger partial charge on any atom is -0.356 e. The van der Waals surface area contributed by atoms with Crippen LogP contribution in [0.4, 0.5) is 0 Å². The van der Waals surface area contributed by atoms with Gasteiger partial charge >= 0.3 is 0 Å². The van der Waals surface area contributed by atoms with E-state index >= 15 is 0 Å². The number of benzene rings is 1. The van der Waals surface area contributed by atoms with Crippen molar-refractivity contribution < 1.29 is 4.79 Å². The van der Waals surface area contributed by atoms with Crippen LogP contribution < -0.4 is 5.32 Å². The Kier molecular flexibility index (Phi) is 7.09. The molecule has 1 aromatic rings. The molecule has 1 N–H and O–H groups in total. The molecule has 0 bridgehead atoms. The van der Waals surface area contributed by atoms with E-state index in [2.05, 4.69) is 34.3 Å². The van der Waals surface area contributed by atoms with Gasteiger partial charge in [-0.1, -0.05) is 30.3 Å². The number of amides is 1. The van der Waals surface area contributed by atoms with Gasteiger partial charge in [-0.25, -0.2) is 0 Å². The molecule has 1 unspecified atom stereocenters. The first kappa shape index (κ1) is 18.3. The Morgan fingerprint density at radius 1 is 1.33 bits per heavy atom. The summed E-state index contributed by atoms with van der Waals surface area (Å²) in [5.74, 6) is 1.06. The van der Waals surface area contributed by atoms with Gasteiger partial charge in [0.05, 0.1) is 0 Å². The summed E-state index contributed by atoms with van der Waals surface area (Å²) in [4.78, 5) is 20.8. The number of carbonyl (C=O) groups is 1. The predicted octanol–water partition coefficient (Wildman–Crippen LogP) is 2.48. The van der Waals surface area contributed by atoms with Gasteiger partial charge in [-0.15, -0.1) is 0 Å². The lowest BCUT2D eigenvalue weighted by Gasteiger charge is -2.33. The van der Waals surface area contributed by atoms with Crippen LogP contribution in [0.15, 0.2) is 35.3 Å². The van der Waals surface area contributed by atoms with Crippen molar-refractivity contribution >= 4 is 11.9 Å². The number of nitrogens with one attached hydrogen (secondary N) is 1. The number of rotatable bonds is 5. The summed E-state index contributed by atoms with van der Waals surface area (Å²) in [6, 6.07) is 10.7. The van der Waals surface area contributed by atoms with Gasteiger partial charge < -0.3 is 15.1 Å². The molecule has 5 nitrogen and oxygen atoms in total. The number of hydrogen-bond donors (Lipinski definition) is 1. The Morgan fingerprint density at radius 3 is 2.75 bits per heavy atom. The van der Waals surface area contributed by atoms with Crippen molar-refractivity contribution in [3.63, 3.8) is 0 Å². The van der Waals surface area contributed by atoms with Crippen LogP contribution in [0.25, 0.3) is 0 Å². The molecule has 1 saturated heterocycles. The summed E-state index contributed by atoms with van der Waals surface area (Å²) >= 11 is 0. The number of guanidine groups is 1. The molecule has 0 radical (unpaired) electrons. The molecule has 1 aliphatic heterocycles. The minimum atomic E-state index is 0.246. The zero-order valence-corrected chi connectivity index (χ0v) is 15.2. The molecule has 0 aliphatic carbocycles. The van der Waals surface area contributed by atoms with E-state index in [0.717, 1.165) is 31.9 Å². The fraction of sp³-hybridized carbons (Fsp3) is 0.579. The Hall–Kier alpha value is -2.04. The number of carbonyl (C=O) groups excluding carboxylic acids is 1. The molecule has 2 rings (SSSR count). The van der Waals surface area contributed by atoms with Gasteiger partial charge in [-0.2, -0.15) is 0 Å². The van der Waals surface area contributed by atoms with Gasteiger partial charge in [0, 0.05) is 46.2 Å². The van der Waals surface area contributed by atoms with Crippen LogP contribution in [0.5, 0.6) is 0 Å². The van der Waals surface area contributed by atoms with Crippen LogP contribution in [-0.4, -0.2) is 54.9 Å². The molecule has 5 heteroatoms. The van der Waals surface area contributed by atoms with Crippen molar-refractivity contribution in [3.8, 4) is 0 Å². The average molecular weight is 330 g/mol. The fourth-order valence-corrected chi connectivity index (χ4v) is 3.21. The smallest absolute Gasteiger partial charge is 0.224 e. The summed E-state index contributed by atoms with van der Waals surface area (Å²) in [6.45, 7) is 4.46.